The van der Waals surface area contributed by atoms with E-state index in [0.29, 0.717) is 24.3 Å². The van der Waals surface area contributed by atoms with Crippen molar-refractivity contribution in [3.8, 4) is 11.5 Å². The molecule has 0 atom stereocenters. The molecule has 1 N–H and O–H groups in total. The standard InChI is InChI=1S/C13H15NO6S/c15-13(16)9-3-5-14(6-4-9)21(17,18)10-1-2-11-12(7-10)20-8-19-11/h1-2,7,9H,3-6,8H2,(H,15,16). The van der Waals surface area contributed by atoms with Gasteiger partial charge in [-0.1, -0.05) is 0 Å². The number of hydrogen-bond donors (Lipinski definition) is 1. The zero-order valence-electron chi connectivity index (χ0n) is 11.2. The number of ether oxygens (including phenoxy) is 2. The molecule has 0 unspecified atom stereocenters. The molecule has 1 fully saturated rings. The van der Waals surface area contributed by atoms with Crippen LogP contribution in [0.3, 0.4) is 0 Å². The van der Waals surface area contributed by atoms with Crippen molar-refractivity contribution in [2.24, 2.45) is 5.92 Å². The number of benzene rings is 1. The lowest BCUT2D eigenvalue weighted by atomic mass is 9.99. The first-order valence-electron chi connectivity index (χ1n) is 6.61. The molecule has 1 aromatic carbocycles. The molecule has 0 radical (unpaired) electrons. The molecule has 8 heteroatoms. The second-order valence-electron chi connectivity index (χ2n) is 5.03. The highest BCUT2D eigenvalue weighted by atomic mass is 32.2. The highest BCUT2D eigenvalue weighted by molar-refractivity contribution is 7.89. The van der Waals surface area contributed by atoms with Crippen LogP contribution >= 0.6 is 0 Å². The molecule has 0 aliphatic carbocycles. The SMILES string of the molecule is O=C(O)C1CCN(S(=O)(=O)c2ccc3c(c2)OCO3)CC1. The minimum absolute atomic E-state index is 0.0862. The highest BCUT2D eigenvalue weighted by Crippen LogP contribution is 2.35. The number of carbonyl (C=O) groups is 1. The number of rotatable bonds is 3. The normalized spacial score (nSPS) is 19.6. The lowest BCUT2D eigenvalue weighted by molar-refractivity contribution is -0.142. The van der Waals surface area contributed by atoms with E-state index in [1.165, 1.54) is 16.4 Å². The molecule has 0 saturated carbocycles. The third-order valence-corrected chi connectivity index (χ3v) is 5.68. The van der Waals surface area contributed by atoms with Crippen LogP contribution in [-0.4, -0.2) is 43.7 Å². The maximum atomic E-state index is 12.5. The van der Waals surface area contributed by atoms with E-state index in [0.717, 1.165) is 0 Å². The monoisotopic (exact) mass is 313 g/mol. The molecule has 0 amide bonds. The number of nitrogens with zero attached hydrogens (tertiary/aromatic N) is 1. The third kappa shape index (κ3) is 2.56. The Morgan fingerprint density at radius 2 is 1.86 bits per heavy atom. The molecule has 0 spiro atoms. The summed E-state index contributed by atoms with van der Waals surface area (Å²) in [5.41, 5.74) is 0. The lowest BCUT2D eigenvalue weighted by Crippen LogP contribution is -2.40. The Balaban J connectivity index is 1.80. The van der Waals surface area contributed by atoms with Crippen molar-refractivity contribution < 1.29 is 27.8 Å². The fraction of sp³-hybridized carbons (Fsp3) is 0.462. The van der Waals surface area contributed by atoms with Crippen LogP contribution in [0.2, 0.25) is 0 Å². The Morgan fingerprint density at radius 1 is 1.19 bits per heavy atom. The van der Waals surface area contributed by atoms with Crippen LogP contribution in [0.15, 0.2) is 23.1 Å². The van der Waals surface area contributed by atoms with E-state index < -0.39 is 21.9 Å². The van der Waals surface area contributed by atoms with Crippen molar-refractivity contribution in [3.63, 3.8) is 0 Å². The molecule has 21 heavy (non-hydrogen) atoms. The number of sulfonamides is 1. The average molecular weight is 313 g/mol. The van der Waals surface area contributed by atoms with Crippen LogP contribution < -0.4 is 9.47 Å². The number of hydrogen-bond acceptors (Lipinski definition) is 5. The van der Waals surface area contributed by atoms with Crippen molar-refractivity contribution in [2.45, 2.75) is 17.7 Å². The van der Waals surface area contributed by atoms with E-state index >= 15 is 0 Å². The summed E-state index contributed by atoms with van der Waals surface area (Å²) in [7, 11) is -3.63. The number of carboxylic acids is 1. The number of aliphatic carboxylic acids is 1. The van der Waals surface area contributed by atoms with Gasteiger partial charge in [0.15, 0.2) is 11.5 Å². The maximum Gasteiger partial charge on any atom is 0.306 e. The number of piperidine rings is 1. The van der Waals surface area contributed by atoms with E-state index in [1.54, 1.807) is 6.07 Å². The van der Waals surface area contributed by atoms with Gasteiger partial charge in [-0.3, -0.25) is 4.79 Å². The van der Waals surface area contributed by atoms with Crippen LogP contribution in [0.25, 0.3) is 0 Å². The fourth-order valence-corrected chi connectivity index (χ4v) is 4.02. The summed E-state index contributed by atoms with van der Waals surface area (Å²) in [4.78, 5) is 11.0. The number of fused-ring (bicyclic) bond motifs is 1. The molecule has 0 aromatic heterocycles. The van der Waals surface area contributed by atoms with Crippen LogP contribution in [0.1, 0.15) is 12.8 Å². The van der Waals surface area contributed by atoms with Crippen molar-refractivity contribution in [1.29, 1.82) is 0 Å². The topological polar surface area (TPSA) is 93.1 Å². The van der Waals surface area contributed by atoms with Crippen molar-refractivity contribution in [3.05, 3.63) is 18.2 Å². The van der Waals surface area contributed by atoms with E-state index in [1.807, 2.05) is 0 Å². The highest BCUT2D eigenvalue weighted by Gasteiger charge is 2.32. The summed E-state index contributed by atoms with van der Waals surface area (Å²) >= 11 is 0. The Hall–Kier alpha value is -1.80. The van der Waals surface area contributed by atoms with E-state index in [2.05, 4.69) is 0 Å². The predicted molar refractivity (Wildman–Crippen MR) is 71.7 cm³/mol. The third-order valence-electron chi connectivity index (χ3n) is 3.78. The second-order valence-corrected chi connectivity index (χ2v) is 6.97. The van der Waals surface area contributed by atoms with Gasteiger partial charge in [0.1, 0.15) is 0 Å². The summed E-state index contributed by atoms with van der Waals surface area (Å²) in [6.07, 6.45) is 0.665. The zero-order chi connectivity index (χ0) is 15.0. The van der Waals surface area contributed by atoms with Crippen LogP contribution in [0.4, 0.5) is 0 Å². The summed E-state index contributed by atoms with van der Waals surface area (Å²) < 4.78 is 36.8. The largest absolute Gasteiger partial charge is 0.481 e. The Morgan fingerprint density at radius 3 is 2.52 bits per heavy atom. The minimum Gasteiger partial charge on any atom is -0.481 e. The molecule has 0 bridgehead atoms. The predicted octanol–water partition coefficient (Wildman–Crippen LogP) is 0.901. The van der Waals surface area contributed by atoms with E-state index in [-0.39, 0.29) is 24.8 Å². The quantitative estimate of drug-likeness (QED) is 0.891. The van der Waals surface area contributed by atoms with Gasteiger partial charge in [0.05, 0.1) is 10.8 Å². The zero-order valence-corrected chi connectivity index (χ0v) is 12.0. The lowest BCUT2D eigenvalue weighted by Gasteiger charge is -2.29. The molecule has 1 aromatic rings. The van der Waals surface area contributed by atoms with Crippen LogP contribution in [0.5, 0.6) is 11.5 Å². The smallest absolute Gasteiger partial charge is 0.306 e. The fourth-order valence-electron chi connectivity index (χ4n) is 2.53. The first-order chi connectivity index (χ1) is 9.98. The summed E-state index contributed by atoms with van der Waals surface area (Å²) in [6.45, 7) is 0.518. The molecule has 114 valence electrons. The van der Waals surface area contributed by atoms with E-state index in [4.69, 9.17) is 14.6 Å². The van der Waals surface area contributed by atoms with Gasteiger partial charge >= 0.3 is 5.97 Å². The number of carboxylic acid groups (broad SMARTS) is 1. The van der Waals surface area contributed by atoms with Crippen molar-refractivity contribution in [2.75, 3.05) is 19.9 Å². The molecule has 7 nitrogen and oxygen atoms in total. The van der Waals surface area contributed by atoms with Gasteiger partial charge < -0.3 is 14.6 Å². The first-order valence-corrected chi connectivity index (χ1v) is 8.05. The molecular weight excluding hydrogens is 298 g/mol. The maximum absolute atomic E-state index is 12.5. The van der Waals surface area contributed by atoms with Gasteiger partial charge in [-0.25, -0.2) is 8.42 Å². The van der Waals surface area contributed by atoms with Gasteiger partial charge in [-0.2, -0.15) is 4.31 Å². The summed E-state index contributed by atoms with van der Waals surface area (Å²) in [5, 5.41) is 8.95. The van der Waals surface area contributed by atoms with Gasteiger partial charge in [-0.05, 0) is 25.0 Å². The first kappa shape index (κ1) is 14.2. The molecule has 1 saturated heterocycles. The van der Waals surface area contributed by atoms with Crippen LogP contribution in [-0.2, 0) is 14.8 Å². The Bertz CT molecular complexity index is 663. The van der Waals surface area contributed by atoms with Gasteiger partial charge in [0.25, 0.3) is 0 Å². The molecule has 2 aliphatic rings. The summed E-state index contributed by atoms with van der Waals surface area (Å²) in [5.74, 6) is -0.390. The van der Waals surface area contributed by atoms with Gasteiger partial charge in [-0.15, -0.1) is 0 Å². The van der Waals surface area contributed by atoms with Gasteiger partial charge in [0.2, 0.25) is 16.8 Å². The molecule has 3 rings (SSSR count). The molecule has 2 heterocycles. The van der Waals surface area contributed by atoms with Gasteiger partial charge in [0, 0.05) is 19.2 Å². The molecular formula is C13H15NO6S. The van der Waals surface area contributed by atoms with Crippen molar-refractivity contribution >= 4 is 16.0 Å². The summed E-state index contributed by atoms with van der Waals surface area (Å²) in [6, 6.07) is 4.49. The second kappa shape index (κ2) is 5.19. The van der Waals surface area contributed by atoms with Crippen molar-refractivity contribution in [1.82, 2.24) is 4.31 Å². The Kier molecular flexibility index (Phi) is 3.50. The Labute approximate surface area is 122 Å². The van der Waals surface area contributed by atoms with Crippen LogP contribution in [0, 0.1) is 5.92 Å². The average Bonchev–Trinajstić information content (AvgIpc) is 2.94. The minimum atomic E-state index is -3.63. The molecule has 2 aliphatic heterocycles. The van der Waals surface area contributed by atoms with E-state index in [9.17, 15) is 13.2 Å².